The van der Waals surface area contributed by atoms with Crippen molar-refractivity contribution in [2.45, 2.75) is 26.1 Å². The average molecular weight is 502 g/mol. The number of amides is 3. The SMILES string of the molecule is CCOC(=O)N1CCN(C(=O)Cn2c3c(c4ccccc42)CCN2C(=O)c4ccccc4N(C)[C@H]32)CC1. The van der Waals surface area contributed by atoms with Gasteiger partial charge in [0, 0.05) is 50.7 Å². The summed E-state index contributed by atoms with van der Waals surface area (Å²) in [7, 11) is 2.02. The Morgan fingerprint density at radius 1 is 0.946 bits per heavy atom. The van der Waals surface area contributed by atoms with Gasteiger partial charge in [0.15, 0.2) is 0 Å². The van der Waals surface area contributed by atoms with E-state index in [4.69, 9.17) is 4.74 Å². The molecule has 4 heterocycles. The van der Waals surface area contributed by atoms with Crippen LogP contribution in [0.25, 0.3) is 10.9 Å². The third-order valence-electron chi connectivity index (χ3n) is 7.86. The molecule has 1 saturated heterocycles. The Morgan fingerprint density at radius 2 is 1.65 bits per heavy atom. The van der Waals surface area contributed by atoms with Crippen molar-refractivity contribution in [3.63, 3.8) is 0 Å². The van der Waals surface area contributed by atoms with E-state index in [-0.39, 0.29) is 30.6 Å². The number of benzene rings is 2. The van der Waals surface area contributed by atoms with Crippen LogP contribution < -0.4 is 4.90 Å². The van der Waals surface area contributed by atoms with Crippen LogP contribution in [-0.4, -0.2) is 83.6 Å². The van der Waals surface area contributed by atoms with Crippen molar-refractivity contribution in [1.82, 2.24) is 19.3 Å². The van der Waals surface area contributed by atoms with Crippen molar-refractivity contribution in [2.24, 2.45) is 0 Å². The minimum atomic E-state index is -0.328. The lowest BCUT2D eigenvalue weighted by Gasteiger charge is -2.46. The fourth-order valence-corrected chi connectivity index (χ4v) is 6.07. The first-order valence-corrected chi connectivity index (χ1v) is 12.9. The number of carbonyl (C=O) groups is 3. The molecule has 9 heteroatoms. The van der Waals surface area contributed by atoms with Gasteiger partial charge in [0.1, 0.15) is 12.7 Å². The number of anilines is 1. The number of nitrogens with zero attached hydrogens (tertiary/aromatic N) is 5. The number of para-hydroxylation sites is 2. The van der Waals surface area contributed by atoms with E-state index < -0.39 is 0 Å². The molecule has 1 fully saturated rings. The maximum atomic E-state index is 13.6. The molecule has 0 saturated carbocycles. The van der Waals surface area contributed by atoms with Crippen LogP contribution in [0.15, 0.2) is 48.5 Å². The van der Waals surface area contributed by atoms with E-state index in [2.05, 4.69) is 21.6 Å². The lowest BCUT2D eigenvalue weighted by Crippen LogP contribution is -2.52. The molecular weight excluding hydrogens is 470 g/mol. The quantitative estimate of drug-likeness (QED) is 0.551. The van der Waals surface area contributed by atoms with Gasteiger partial charge in [0.25, 0.3) is 5.91 Å². The summed E-state index contributed by atoms with van der Waals surface area (Å²) in [4.78, 5) is 46.7. The maximum absolute atomic E-state index is 13.6. The summed E-state index contributed by atoms with van der Waals surface area (Å²) in [6, 6.07) is 15.9. The second-order valence-corrected chi connectivity index (χ2v) is 9.78. The zero-order chi connectivity index (χ0) is 25.7. The third kappa shape index (κ3) is 3.72. The van der Waals surface area contributed by atoms with Crippen LogP contribution in [0.5, 0.6) is 0 Å². The molecule has 2 aromatic carbocycles. The van der Waals surface area contributed by atoms with Gasteiger partial charge in [-0.25, -0.2) is 4.79 Å². The van der Waals surface area contributed by atoms with E-state index >= 15 is 0 Å². The number of rotatable bonds is 3. The second kappa shape index (κ2) is 9.14. The first-order chi connectivity index (χ1) is 18.0. The van der Waals surface area contributed by atoms with Gasteiger partial charge in [-0.2, -0.15) is 0 Å². The molecular formula is C28H31N5O4. The molecule has 1 aromatic heterocycles. The number of ether oxygens (including phenoxy) is 1. The predicted octanol–water partition coefficient (Wildman–Crippen LogP) is 3.09. The first-order valence-electron chi connectivity index (χ1n) is 12.9. The zero-order valence-corrected chi connectivity index (χ0v) is 21.2. The molecule has 0 aliphatic carbocycles. The lowest BCUT2D eigenvalue weighted by atomic mass is 9.96. The van der Waals surface area contributed by atoms with Crippen molar-refractivity contribution >= 4 is 34.5 Å². The summed E-state index contributed by atoms with van der Waals surface area (Å²) in [6.45, 7) is 4.80. The molecule has 0 radical (unpaired) electrons. The largest absolute Gasteiger partial charge is 0.450 e. The molecule has 192 valence electrons. The van der Waals surface area contributed by atoms with E-state index in [0.717, 1.165) is 28.7 Å². The van der Waals surface area contributed by atoms with Crippen molar-refractivity contribution < 1.29 is 19.1 Å². The Labute approximate surface area is 215 Å². The molecule has 0 N–H and O–H groups in total. The van der Waals surface area contributed by atoms with Gasteiger partial charge >= 0.3 is 6.09 Å². The average Bonchev–Trinajstić information content (AvgIpc) is 3.25. The van der Waals surface area contributed by atoms with Gasteiger partial charge in [-0.05, 0) is 37.1 Å². The Balaban J connectivity index is 1.34. The van der Waals surface area contributed by atoms with Gasteiger partial charge in [0.2, 0.25) is 5.91 Å². The summed E-state index contributed by atoms with van der Waals surface area (Å²) < 4.78 is 7.22. The molecule has 3 aliphatic rings. The number of hydrogen-bond acceptors (Lipinski definition) is 5. The molecule has 37 heavy (non-hydrogen) atoms. The van der Waals surface area contributed by atoms with Gasteiger partial charge in [0.05, 0.1) is 23.6 Å². The Bertz CT molecular complexity index is 1390. The van der Waals surface area contributed by atoms with E-state index in [1.807, 2.05) is 53.2 Å². The molecule has 1 atom stereocenters. The van der Waals surface area contributed by atoms with E-state index in [1.165, 1.54) is 5.56 Å². The molecule has 0 unspecified atom stereocenters. The maximum Gasteiger partial charge on any atom is 0.409 e. The normalized spacial score (nSPS) is 19.0. The summed E-state index contributed by atoms with van der Waals surface area (Å²) in [5, 5.41) is 1.14. The predicted molar refractivity (Wildman–Crippen MR) is 139 cm³/mol. The van der Waals surface area contributed by atoms with Crippen molar-refractivity contribution in [2.75, 3.05) is 51.3 Å². The van der Waals surface area contributed by atoms with Gasteiger partial charge < -0.3 is 28.9 Å². The van der Waals surface area contributed by atoms with E-state index in [9.17, 15) is 14.4 Å². The summed E-state index contributed by atoms with van der Waals surface area (Å²) in [5.41, 5.74) is 4.84. The van der Waals surface area contributed by atoms with Crippen molar-refractivity contribution in [1.29, 1.82) is 0 Å². The summed E-state index contributed by atoms with van der Waals surface area (Å²) in [6.07, 6.45) is 0.130. The molecule has 3 amide bonds. The van der Waals surface area contributed by atoms with Crippen LogP contribution in [0.3, 0.4) is 0 Å². The van der Waals surface area contributed by atoms with Gasteiger partial charge in [-0.1, -0.05) is 30.3 Å². The Morgan fingerprint density at radius 3 is 2.43 bits per heavy atom. The number of carbonyl (C=O) groups excluding carboxylic acids is 3. The molecule has 0 spiro atoms. The monoisotopic (exact) mass is 501 g/mol. The zero-order valence-electron chi connectivity index (χ0n) is 21.2. The highest BCUT2D eigenvalue weighted by molar-refractivity contribution is 6.02. The van der Waals surface area contributed by atoms with Crippen molar-refractivity contribution in [3.05, 3.63) is 65.4 Å². The number of piperazine rings is 1. The van der Waals surface area contributed by atoms with Gasteiger partial charge in [-0.3, -0.25) is 9.59 Å². The van der Waals surface area contributed by atoms with Crippen LogP contribution in [0.4, 0.5) is 10.5 Å². The van der Waals surface area contributed by atoms with Crippen LogP contribution >= 0.6 is 0 Å². The third-order valence-corrected chi connectivity index (χ3v) is 7.86. The standard InChI is InChI=1S/C28H31N5O4/c1-3-37-28(36)31-16-14-30(15-17-31)24(34)18-33-23-11-7-4-8-19(23)20-12-13-32-26(25(20)33)29(2)22-10-6-5-9-21(22)27(32)35/h4-11,26H,3,12-18H2,1-2H3/t26-/m0/s1. The van der Waals surface area contributed by atoms with Crippen LogP contribution in [0, 0.1) is 0 Å². The van der Waals surface area contributed by atoms with E-state index in [1.54, 1.807) is 11.8 Å². The van der Waals surface area contributed by atoms with Crippen LogP contribution in [0.1, 0.15) is 34.7 Å². The van der Waals surface area contributed by atoms with E-state index in [0.29, 0.717) is 44.9 Å². The topological polar surface area (TPSA) is 78.3 Å². The highest BCUT2D eigenvalue weighted by Crippen LogP contribution is 2.44. The highest BCUT2D eigenvalue weighted by atomic mass is 16.6. The molecule has 9 nitrogen and oxygen atoms in total. The lowest BCUT2D eigenvalue weighted by molar-refractivity contribution is -0.133. The summed E-state index contributed by atoms with van der Waals surface area (Å²) in [5.74, 6) is 0.0388. The summed E-state index contributed by atoms with van der Waals surface area (Å²) >= 11 is 0. The number of hydrogen-bond donors (Lipinski definition) is 0. The molecule has 0 bridgehead atoms. The fourth-order valence-electron chi connectivity index (χ4n) is 6.07. The molecule has 6 rings (SSSR count). The highest BCUT2D eigenvalue weighted by Gasteiger charge is 2.43. The van der Waals surface area contributed by atoms with Gasteiger partial charge in [-0.15, -0.1) is 0 Å². The molecule has 3 aliphatic heterocycles. The number of aromatic nitrogens is 1. The first kappa shape index (κ1) is 23.4. The Hall–Kier alpha value is -4.01. The fraction of sp³-hybridized carbons (Fsp3) is 0.393. The molecule has 3 aromatic rings. The number of fused-ring (bicyclic) bond motifs is 6. The minimum absolute atomic E-state index is 0.00868. The Kier molecular flexibility index (Phi) is 5.78. The minimum Gasteiger partial charge on any atom is -0.450 e. The van der Waals surface area contributed by atoms with Crippen molar-refractivity contribution in [3.8, 4) is 0 Å². The second-order valence-electron chi connectivity index (χ2n) is 9.78. The smallest absolute Gasteiger partial charge is 0.409 e. The van der Waals surface area contributed by atoms with Crippen LogP contribution in [0.2, 0.25) is 0 Å². The van der Waals surface area contributed by atoms with Crippen LogP contribution in [-0.2, 0) is 22.5 Å².